The van der Waals surface area contributed by atoms with Crippen molar-refractivity contribution in [2.45, 2.75) is 44.1 Å². The lowest BCUT2D eigenvalue weighted by Crippen LogP contribution is -2.65. The molecule has 41 heavy (non-hydrogen) atoms. The van der Waals surface area contributed by atoms with E-state index in [-0.39, 0.29) is 30.2 Å². The number of halogens is 2. The number of aromatic amines is 1. The van der Waals surface area contributed by atoms with Crippen LogP contribution in [0.1, 0.15) is 34.8 Å². The van der Waals surface area contributed by atoms with Gasteiger partial charge in [-0.3, -0.25) is 14.5 Å². The maximum Gasteiger partial charge on any atom is 0.387 e. The van der Waals surface area contributed by atoms with Crippen LogP contribution in [0.15, 0.2) is 78.9 Å². The molecule has 0 radical (unpaired) electrons. The van der Waals surface area contributed by atoms with Crippen LogP contribution < -0.4 is 4.74 Å². The molecule has 7 nitrogen and oxygen atoms in total. The van der Waals surface area contributed by atoms with Gasteiger partial charge in [0.15, 0.2) is 0 Å². The summed E-state index contributed by atoms with van der Waals surface area (Å²) in [7, 11) is 0. The molecule has 0 unspecified atom stereocenters. The molecule has 2 saturated heterocycles. The van der Waals surface area contributed by atoms with Gasteiger partial charge in [0.1, 0.15) is 18.3 Å². The molecule has 0 spiro atoms. The largest absolute Gasteiger partial charge is 0.435 e. The number of aromatic nitrogens is 1. The van der Waals surface area contributed by atoms with Crippen molar-refractivity contribution in [1.82, 2.24) is 19.7 Å². The SMILES string of the molecule is O=C1[C@H]2Cc3c([nH]c4ccccc34)[C@@H](c3ccc(OC(F)F)cc3)N2C(=O)CN1[C@@H]1CCN(Cc2ccccc2)C1. The summed E-state index contributed by atoms with van der Waals surface area (Å²) in [5.74, 6) is -0.102. The van der Waals surface area contributed by atoms with Crippen LogP contribution in [0.25, 0.3) is 10.9 Å². The van der Waals surface area contributed by atoms with Gasteiger partial charge in [0.25, 0.3) is 0 Å². The molecule has 3 aliphatic heterocycles. The van der Waals surface area contributed by atoms with E-state index in [0.29, 0.717) is 6.42 Å². The first kappa shape index (κ1) is 25.7. The predicted octanol–water partition coefficient (Wildman–Crippen LogP) is 4.73. The standard InChI is InChI=1S/C32H30F2N4O3/c33-32(34)41-23-12-10-21(11-13-23)30-29-25(24-8-4-5-9-26(24)35-29)16-27-31(40)37(19-28(39)38(27)30)22-14-15-36(18-22)17-20-6-2-1-3-7-20/h1-13,22,27,30,32,35H,14-19H2/t22-,27-,30-/m1/s1. The van der Waals surface area contributed by atoms with Crippen LogP contribution in [-0.4, -0.2) is 69.8 Å². The molecule has 7 rings (SSSR count). The van der Waals surface area contributed by atoms with E-state index < -0.39 is 18.7 Å². The molecule has 9 heteroatoms. The Labute approximate surface area is 236 Å². The van der Waals surface area contributed by atoms with E-state index in [1.54, 1.807) is 21.9 Å². The molecule has 0 bridgehead atoms. The maximum absolute atomic E-state index is 14.2. The van der Waals surface area contributed by atoms with Crippen LogP contribution in [0.2, 0.25) is 0 Å². The van der Waals surface area contributed by atoms with E-state index in [9.17, 15) is 18.4 Å². The van der Waals surface area contributed by atoms with Gasteiger partial charge in [-0.05, 0) is 41.3 Å². The van der Waals surface area contributed by atoms with Gasteiger partial charge in [0.05, 0.1) is 6.04 Å². The van der Waals surface area contributed by atoms with Gasteiger partial charge < -0.3 is 19.5 Å². The summed E-state index contributed by atoms with van der Waals surface area (Å²) in [6.07, 6.45) is 1.25. The number of nitrogens with one attached hydrogen (secondary N) is 1. The number of nitrogens with zero attached hydrogens (tertiary/aromatic N) is 3. The van der Waals surface area contributed by atoms with Gasteiger partial charge in [-0.2, -0.15) is 8.78 Å². The zero-order valence-corrected chi connectivity index (χ0v) is 22.4. The maximum atomic E-state index is 14.2. The molecular formula is C32H30F2N4O3. The summed E-state index contributed by atoms with van der Waals surface area (Å²) in [5.41, 5.74) is 4.76. The fourth-order valence-corrected chi connectivity index (χ4v) is 6.83. The van der Waals surface area contributed by atoms with Crippen LogP contribution in [-0.2, 0) is 22.6 Å². The van der Waals surface area contributed by atoms with Gasteiger partial charge in [-0.15, -0.1) is 0 Å². The Kier molecular flexibility index (Phi) is 6.46. The third-order valence-corrected chi connectivity index (χ3v) is 8.65. The van der Waals surface area contributed by atoms with Crippen molar-refractivity contribution >= 4 is 22.7 Å². The lowest BCUT2D eigenvalue weighted by Gasteiger charge is -2.48. The van der Waals surface area contributed by atoms with Crippen LogP contribution in [0.3, 0.4) is 0 Å². The first-order valence-corrected chi connectivity index (χ1v) is 14.0. The van der Waals surface area contributed by atoms with Gasteiger partial charge in [0.2, 0.25) is 11.8 Å². The number of carbonyl (C=O) groups excluding carboxylic acids is 2. The third-order valence-electron chi connectivity index (χ3n) is 8.65. The van der Waals surface area contributed by atoms with Crippen molar-refractivity contribution in [3.8, 4) is 5.75 Å². The van der Waals surface area contributed by atoms with Crippen LogP contribution in [0, 0.1) is 0 Å². The second-order valence-electron chi connectivity index (χ2n) is 11.1. The highest BCUT2D eigenvalue weighted by Crippen LogP contribution is 2.43. The molecule has 4 aromatic rings. The van der Waals surface area contributed by atoms with E-state index in [2.05, 4.69) is 26.8 Å². The Hall–Kier alpha value is -4.24. The first-order valence-electron chi connectivity index (χ1n) is 14.0. The van der Waals surface area contributed by atoms with Gasteiger partial charge in [-0.25, -0.2) is 0 Å². The minimum absolute atomic E-state index is 0.0223. The predicted molar refractivity (Wildman–Crippen MR) is 149 cm³/mol. The second kappa shape index (κ2) is 10.3. The number of rotatable bonds is 6. The van der Waals surface area contributed by atoms with Gasteiger partial charge in [0, 0.05) is 48.7 Å². The summed E-state index contributed by atoms with van der Waals surface area (Å²) in [5, 5.41) is 1.03. The molecular weight excluding hydrogens is 526 g/mol. The number of H-pyrrole nitrogens is 1. The van der Waals surface area contributed by atoms with E-state index in [4.69, 9.17) is 0 Å². The normalized spacial score (nSPS) is 22.9. The van der Waals surface area contributed by atoms with Crippen molar-refractivity contribution < 1.29 is 23.1 Å². The van der Waals surface area contributed by atoms with E-state index in [1.165, 1.54) is 17.7 Å². The zero-order chi connectivity index (χ0) is 28.1. The first-order chi connectivity index (χ1) is 20.0. The highest BCUT2D eigenvalue weighted by Gasteiger charge is 2.50. The molecule has 2 fully saturated rings. The Morgan fingerprint density at radius 1 is 0.951 bits per heavy atom. The molecule has 0 aliphatic carbocycles. The Bertz CT molecular complexity index is 1590. The Morgan fingerprint density at radius 3 is 2.49 bits per heavy atom. The number of hydrogen-bond acceptors (Lipinski definition) is 4. The highest BCUT2D eigenvalue weighted by atomic mass is 19.3. The number of alkyl halides is 2. The van der Waals surface area contributed by atoms with E-state index >= 15 is 0 Å². The minimum Gasteiger partial charge on any atom is -0.435 e. The quantitative estimate of drug-likeness (QED) is 0.373. The fourth-order valence-electron chi connectivity index (χ4n) is 6.83. The second-order valence-corrected chi connectivity index (χ2v) is 11.1. The molecule has 4 heterocycles. The average Bonchev–Trinajstić information content (AvgIpc) is 3.59. The summed E-state index contributed by atoms with van der Waals surface area (Å²) in [6.45, 7) is -0.485. The number of para-hydroxylation sites is 1. The minimum atomic E-state index is -2.92. The molecule has 3 aromatic carbocycles. The number of amides is 2. The van der Waals surface area contributed by atoms with Crippen molar-refractivity contribution in [1.29, 1.82) is 0 Å². The zero-order valence-electron chi connectivity index (χ0n) is 22.4. The monoisotopic (exact) mass is 556 g/mol. The van der Waals surface area contributed by atoms with Crippen molar-refractivity contribution in [3.05, 3.63) is 101 Å². The molecule has 1 N–H and O–H groups in total. The van der Waals surface area contributed by atoms with Crippen molar-refractivity contribution in [2.24, 2.45) is 0 Å². The number of hydrogen-bond donors (Lipinski definition) is 1. The van der Waals surface area contributed by atoms with Crippen molar-refractivity contribution in [3.63, 3.8) is 0 Å². The average molecular weight is 557 g/mol. The third kappa shape index (κ3) is 4.64. The smallest absolute Gasteiger partial charge is 0.387 e. The molecule has 2 amide bonds. The Morgan fingerprint density at radius 2 is 1.71 bits per heavy atom. The fraction of sp³-hybridized carbons (Fsp3) is 0.312. The molecule has 3 atom stereocenters. The summed E-state index contributed by atoms with van der Waals surface area (Å²) in [6, 6.07) is 23.3. The Balaban J connectivity index is 1.21. The summed E-state index contributed by atoms with van der Waals surface area (Å²) >= 11 is 0. The van der Waals surface area contributed by atoms with Gasteiger partial charge >= 0.3 is 6.61 Å². The number of ether oxygens (including phenoxy) is 1. The molecule has 3 aliphatic rings. The number of piperazine rings is 1. The van der Waals surface area contributed by atoms with Crippen LogP contribution in [0.4, 0.5) is 8.78 Å². The molecule has 1 aromatic heterocycles. The van der Waals surface area contributed by atoms with Crippen LogP contribution >= 0.6 is 0 Å². The van der Waals surface area contributed by atoms with Crippen LogP contribution in [0.5, 0.6) is 5.75 Å². The molecule has 0 saturated carbocycles. The number of benzene rings is 3. The lowest BCUT2D eigenvalue weighted by atomic mass is 9.86. The topological polar surface area (TPSA) is 68.9 Å². The summed E-state index contributed by atoms with van der Waals surface area (Å²) in [4.78, 5) is 37.4. The number of carbonyl (C=O) groups is 2. The number of likely N-dealkylation sites (tertiary alicyclic amines) is 1. The highest BCUT2D eigenvalue weighted by molar-refractivity contribution is 5.98. The number of fused-ring (bicyclic) bond motifs is 4. The van der Waals surface area contributed by atoms with E-state index in [1.807, 2.05) is 42.5 Å². The van der Waals surface area contributed by atoms with Crippen molar-refractivity contribution in [2.75, 3.05) is 19.6 Å². The van der Waals surface area contributed by atoms with Gasteiger partial charge in [-0.1, -0.05) is 60.7 Å². The lowest BCUT2D eigenvalue weighted by molar-refractivity contribution is -0.160. The molecule has 210 valence electrons. The van der Waals surface area contributed by atoms with E-state index in [0.717, 1.165) is 53.8 Å². The summed E-state index contributed by atoms with van der Waals surface area (Å²) < 4.78 is 30.1.